The smallest absolute Gasteiger partial charge is 0.316 e. The summed E-state index contributed by atoms with van der Waals surface area (Å²) in [5.74, 6) is -0.247. The number of anilines is 1. The summed E-state index contributed by atoms with van der Waals surface area (Å²) in [4.78, 5) is 19.2. The lowest BCUT2D eigenvalue weighted by Crippen LogP contribution is -2.20. The monoisotopic (exact) mass is 229 g/mol. The van der Waals surface area contributed by atoms with Crippen LogP contribution in [0.1, 0.15) is 0 Å². The van der Waals surface area contributed by atoms with E-state index in [0.717, 1.165) is 5.69 Å². The van der Waals surface area contributed by atoms with Crippen molar-refractivity contribution in [3.63, 3.8) is 0 Å². The van der Waals surface area contributed by atoms with E-state index in [1.807, 2.05) is 18.2 Å². The Hall–Kier alpha value is -2.43. The molecule has 0 aliphatic heterocycles. The number of aromatic nitrogens is 2. The molecule has 0 aliphatic carbocycles. The third-order valence-corrected chi connectivity index (χ3v) is 1.93. The number of ether oxygens (including phenoxy) is 1. The first-order valence-corrected chi connectivity index (χ1v) is 5.09. The van der Waals surface area contributed by atoms with Gasteiger partial charge >= 0.3 is 6.01 Å². The summed E-state index contributed by atoms with van der Waals surface area (Å²) < 4.78 is 5.11. The third kappa shape index (κ3) is 3.57. The molecule has 0 fully saturated rings. The van der Waals surface area contributed by atoms with E-state index in [-0.39, 0.29) is 18.5 Å². The number of hydrogen-bond acceptors (Lipinski definition) is 4. The molecule has 1 amide bonds. The number of para-hydroxylation sites is 1. The fraction of sp³-hybridized carbons (Fsp3) is 0.0833. The molecule has 0 atom stereocenters. The Morgan fingerprint density at radius 1 is 1.12 bits per heavy atom. The van der Waals surface area contributed by atoms with Crippen LogP contribution in [-0.4, -0.2) is 22.5 Å². The second-order valence-corrected chi connectivity index (χ2v) is 3.23. The maximum absolute atomic E-state index is 11.5. The minimum Gasteiger partial charge on any atom is -0.453 e. The lowest BCUT2D eigenvalue weighted by atomic mass is 10.3. The van der Waals surface area contributed by atoms with Gasteiger partial charge in [0, 0.05) is 18.1 Å². The number of benzene rings is 1. The molecular formula is C12H11N3O2. The molecule has 86 valence electrons. The van der Waals surface area contributed by atoms with Gasteiger partial charge in [-0.05, 0) is 18.2 Å². The molecule has 17 heavy (non-hydrogen) atoms. The van der Waals surface area contributed by atoms with Gasteiger partial charge in [-0.1, -0.05) is 18.2 Å². The second-order valence-electron chi connectivity index (χ2n) is 3.23. The molecule has 5 heteroatoms. The topological polar surface area (TPSA) is 64.1 Å². The molecule has 2 aromatic rings. The Morgan fingerprint density at radius 3 is 2.53 bits per heavy atom. The minimum absolute atomic E-state index is 0.112. The Kier molecular flexibility index (Phi) is 3.64. The van der Waals surface area contributed by atoms with Gasteiger partial charge in [0.05, 0.1) is 0 Å². The summed E-state index contributed by atoms with van der Waals surface area (Å²) in [5.41, 5.74) is 0.732. The highest BCUT2D eigenvalue weighted by atomic mass is 16.5. The molecule has 1 aromatic heterocycles. The standard InChI is InChI=1S/C12H11N3O2/c16-11(15-10-5-2-1-3-6-10)9-17-12-13-7-4-8-14-12/h1-8H,9H2,(H,15,16). The number of amides is 1. The van der Waals surface area contributed by atoms with Gasteiger partial charge < -0.3 is 10.1 Å². The molecule has 0 saturated carbocycles. The van der Waals surface area contributed by atoms with E-state index >= 15 is 0 Å². The Balaban J connectivity index is 1.83. The van der Waals surface area contributed by atoms with Gasteiger partial charge in [0.15, 0.2) is 6.61 Å². The first kappa shape index (κ1) is 11.1. The van der Waals surface area contributed by atoms with E-state index in [4.69, 9.17) is 4.74 Å². The van der Waals surface area contributed by atoms with Crippen molar-refractivity contribution in [2.24, 2.45) is 0 Å². The van der Waals surface area contributed by atoms with Crippen LogP contribution in [0, 0.1) is 0 Å². The van der Waals surface area contributed by atoms with Crippen molar-refractivity contribution >= 4 is 11.6 Å². The Morgan fingerprint density at radius 2 is 1.82 bits per heavy atom. The first-order valence-electron chi connectivity index (χ1n) is 5.09. The lowest BCUT2D eigenvalue weighted by molar-refractivity contribution is -0.118. The molecule has 1 N–H and O–H groups in total. The molecule has 0 saturated heterocycles. The van der Waals surface area contributed by atoms with Crippen LogP contribution in [0.3, 0.4) is 0 Å². The van der Waals surface area contributed by atoms with E-state index in [2.05, 4.69) is 15.3 Å². The summed E-state index contributed by atoms with van der Waals surface area (Å²) in [6, 6.07) is 11.0. The van der Waals surface area contributed by atoms with Crippen LogP contribution < -0.4 is 10.1 Å². The second kappa shape index (κ2) is 5.60. The first-order chi connectivity index (χ1) is 8.34. The van der Waals surface area contributed by atoms with Crippen molar-refractivity contribution in [2.75, 3.05) is 11.9 Å². The molecule has 1 heterocycles. The molecule has 0 radical (unpaired) electrons. The molecule has 2 rings (SSSR count). The van der Waals surface area contributed by atoms with Crippen LogP contribution in [-0.2, 0) is 4.79 Å². The summed E-state index contributed by atoms with van der Waals surface area (Å²) >= 11 is 0. The van der Waals surface area contributed by atoms with E-state index in [1.54, 1.807) is 30.6 Å². The van der Waals surface area contributed by atoms with Crippen molar-refractivity contribution in [3.8, 4) is 6.01 Å². The number of hydrogen-bond donors (Lipinski definition) is 1. The van der Waals surface area contributed by atoms with Gasteiger partial charge in [0.2, 0.25) is 0 Å². The third-order valence-electron chi connectivity index (χ3n) is 1.93. The van der Waals surface area contributed by atoms with E-state index in [9.17, 15) is 4.79 Å². The summed E-state index contributed by atoms with van der Waals surface area (Å²) in [5, 5.41) is 2.69. The fourth-order valence-electron chi connectivity index (χ4n) is 1.21. The summed E-state index contributed by atoms with van der Waals surface area (Å²) in [6.45, 7) is -0.112. The predicted octanol–water partition coefficient (Wildman–Crippen LogP) is 1.49. The van der Waals surface area contributed by atoms with Gasteiger partial charge in [-0.3, -0.25) is 4.79 Å². The zero-order valence-electron chi connectivity index (χ0n) is 9.04. The van der Waals surface area contributed by atoms with E-state index < -0.39 is 0 Å². The number of carbonyl (C=O) groups excluding carboxylic acids is 1. The predicted molar refractivity (Wildman–Crippen MR) is 62.6 cm³/mol. The van der Waals surface area contributed by atoms with Crippen LogP contribution in [0.2, 0.25) is 0 Å². The van der Waals surface area contributed by atoms with Crippen molar-refractivity contribution in [2.45, 2.75) is 0 Å². The lowest BCUT2D eigenvalue weighted by Gasteiger charge is -2.05. The van der Waals surface area contributed by atoms with Crippen molar-refractivity contribution in [1.29, 1.82) is 0 Å². The van der Waals surface area contributed by atoms with E-state index in [1.165, 1.54) is 0 Å². The molecule has 0 unspecified atom stereocenters. The summed E-state index contributed by atoms with van der Waals surface area (Å²) in [6.07, 6.45) is 3.11. The van der Waals surface area contributed by atoms with Crippen LogP contribution >= 0.6 is 0 Å². The number of nitrogens with one attached hydrogen (secondary N) is 1. The molecule has 0 spiro atoms. The van der Waals surface area contributed by atoms with Crippen LogP contribution in [0.15, 0.2) is 48.8 Å². The normalized spacial score (nSPS) is 9.65. The van der Waals surface area contributed by atoms with Gasteiger partial charge in [-0.15, -0.1) is 0 Å². The van der Waals surface area contributed by atoms with Crippen molar-refractivity contribution < 1.29 is 9.53 Å². The van der Waals surface area contributed by atoms with Crippen LogP contribution in [0.4, 0.5) is 5.69 Å². The van der Waals surface area contributed by atoms with Gasteiger partial charge in [0.1, 0.15) is 0 Å². The molecule has 0 bridgehead atoms. The Labute approximate surface area is 98.5 Å². The molecule has 1 aromatic carbocycles. The highest BCUT2D eigenvalue weighted by Gasteiger charge is 2.03. The number of carbonyl (C=O) groups is 1. The van der Waals surface area contributed by atoms with Gasteiger partial charge in [-0.25, -0.2) is 9.97 Å². The highest BCUT2D eigenvalue weighted by molar-refractivity contribution is 5.91. The average Bonchev–Trinajstić information content (AvgIpc) is 2.39. The van der Waals surface area contributed by atoms with Crippen LogP contribution in [0.25, 0.3) is 0 Å². The van der Waals surface area contributed by atoms with Crippen molar-refractivity contribution in [3.05, 3.63) is 48.8 Å². The van der Waals surface area contributed by atoms with Gasteiger partial charge in [-0.2, -0.15) is 0 Å². The summed E-state index contributed by atoms with van der Waals surface area (Å²) in [7, 11) is 0. The molecular weight excluding hydrogens is 218 g/mol. The largest absolute Gasteiger partial charge is 0.453 e. The molecule has 0 aliphatic rings. The highest BCUT2D eigenvalue weighted by Crippen LogP contribution is 2.04. The average molecular weight is 229 g/mol. The number of nitrogens with zero attached hydrogens (tertiary/aromatic N) is 2. The van der Waals surface area contributed by atoms with Crippen molar-refractivity contribution in [1.82, 2.24) is 9.97 Å². The van der Waals surface area contributed by atoms with Crippen LogP contribution in [0.5, 0.6) is 6.01 Å². The van der Waals surface area contributed by atoms with E-state index in [0.29, 0.717) is 0 Å². The maximum atomic E-state index is 11.5. The quantitative estimate of drug-likeness (QED) is 0.862. The SMILES string of the molecule is O=C(COc1ncccn1)Nc1ccccc1. The fourth-order valence-corrected chi connectivity index (χ4v) is 1.21. The molecule has 5 nitrogen and oxygen atoms in total. The zero-order chi connectivity index (χ0) is 11.9. The maximum Gasteiger partial charge on any atom is 0.316 e. The van der Waals surface area contributed by atoms with Gasteiger partial charge in [0.25, 0.3) is 5.91 Å². The minimum atomic E-state index is -0.247. The number of rotatable bonds is 4. The Bertz CT molecular complexity index is 474. The zero-order valence-corrected chi connectivity index (χ0v) is 9.04.